The summed E-state index contributed by atoms with van der Waals surface area (Å²) in [5.74, 6) is 0.389. The average Bonchev–Trinajstić information content (AvgIpc) is 3.34. The van der Waals surface area contributed by atoms with Crippen LogP contribution in [0.15, 0.2) is 48.7 Å². The number of rotatable bonds is 3. The number of benzene rings is 1. The van der Waals surface area contributed by atoms with Gasteiger partial charge in [-0.05, 0) is 55.7 Å². The standard InChI is InChI=1S/C23H20N4O3/c1-14-5-3-6-18(25-14)22-21(20-7-4-12-27(20)26-22)17-10-11-24-19-13-15(8-9-16(17)19)30-23(28)29-2/h3,5-6,8-11,13H,4,7,12H2,1-2H3. The van der Waals surface area contributed by atoms with Crippen molar-refractivity contribution in [3.05, 3.63) is 60.0 Å². The summed E-state index contributed by atoms with van der Waals surface area (Å²) in [6.45, 7) is 2.89. The Morgan fingerprint density at radius 3 is 2.90 bits per heavy atom. The number of carbonyl (C=O) groups is 1. The van der Waals surface area contributed by atoms with Gasteiger partial charge in [0.1, 0.15) is 11.4 Å². The van der Waals surface area contributed by atoms with Gasteiger partial charge in [0.05, 0.1) is 18.3 Å². The van der Waals surface area contributed by atoms with E-state index >= 15 is 0 Å². The van der Waals surface area contributed by atoms with Gasteiger partial charge in [0.25, 0.3) is 0 Å². The molecule has 7 nitrogen and oxygen atoms in total. The lowest BCUT2D eigenvalue weighted by atomic mass is 9.96. The fraction of sp³-hybridized carbons (Fsp3) is 0.217. The average molecular weight is 400 g/mol. The highest BCUT2D eigenvalue weighted by molar-refractivity contribution is 5.99. The number of nitrogens with zero attached hydrogens (tertiary/aromatic N) is 4. The third kappa shape index (κ3) is 3.08. The summed E-state index contributed by atoms with van der Waals surface area (Å²) in [5, 5.41) is 5.87. The van der Waals surface area contributed by atoms with Gasteiger partial charge in [-0.2, -0.15) is 5.10 Å². The van der Waals surface area contributed by atoms with E-state index in [9.17, 15) is 4.79 Å². The minimum Gasteiger partial charge on any atom is -0.437 e. The Hall–Kier alpha value is -3.74. The van der Waals surface area contributed by atoms with Crippen molar-refractivity contribution in [1.29, 1.82) is 0 Å². The Kier molecular flexibility index (Phi) is 4.43. The number of fused-ring (bicyclic) bond motifs is 2. The summed E-state index contributed by atoms with van der Waals surface area (Å²) in [7, 11) is 1.28. The molecule has 4 heterocycles. The largest absolute Gasteiger partial charge is 0.513 e. The Morgan fingerprint density at radius 2 is 2.07 bits per heavy atom. The van der Waals surface area contributed by atoms with E-state index < -0.39 is 6.16 Å². The number of aromatic nitrogens is 4. The van der Waals surface area contributed by atoms with Gasteiger partial charge in [0, 0.05) is 41.1 Å². The number of hydrogen-bond acceptors (Lipinski definition) is 6. The smallest absolute Gasteiger partial charge is 0.437 e. The lowest BCUT2D eigenvalue weighted by Crippen LogP contribution is -2.07. The molecule has 1 aromatic carbocycles. The van der Waals surface area contributed by atoms with Crippen LogP contribution in [0.4, 0.5) is 4.79 Å². The van der Waals surface area contributed by atoms with E-state index in [1.807, 2.05) is 37.3 Å². The van der Waals surface area contributed by atoms with Crippen molar-refractivity contribution < 1.29 is 14.3 Å². The molecule has 7 heteroatoms. The highest BCUT2D eigenvalue weighted by Gasteiger charge is 2.25. The van der Waals surface area contributed by atoms with Gasteiger partial charge in [-0.3, -0.25) is 14.6 Å². The summed E-state index contributed by atoms with van der Waals surface area (Å²) in [6.07, 6.45) is 3.07. The number of methoxy groups -OCH3 is 1. The zero-order valence-electron chi connectivity index (χ0n) is 16.8. The molecular weight excluding hydrogens is 380 g/mol. The lowest BCUT2D eigenvalue weighted by molar-refractivity contribution is 0.121. The first-order valence-electron chi connectivity index (χ1n) is 9.82. The van der Waals surface area contributed by atoms with Crippen molar-refractivity contribution in [2.75, 3.05) is 7.11 Å². The fourth-order valence-corrected chi connectivity index (χ4v) is 4.02. The van der Waals surface area contributed by atoms with Crippen LogP contribution in [-0.4, -0.2) is 33.0 Å². The monoisotopic (exact) mass is 400 g/mol. The molecule has 0 N–H and O–H groups in total. The van der Waals surface area contributed by atoms with Crippen LogP contribution < -0.4 is 4.74 Å². The van der Waals surface area contributed by atoms with Gasteiger partial charge in [0.15, 0.2) is 0 Å². The molecule has 30 heavy (non-hydrogen) atoms. The molecule has 0 saturated heterocycles. The van der Waals surface area contributed by atoms with Crippen LogP contribution in [0.3, 0.4) is 0 Å². The normalized spacial score (nSPS) is 12.7. The number of carbonyl (C=O) groups excluding carboxylic acids is 1. The zero-order valence-corrected chi connectivity index (χ0v) is 16.8. The minimum atomic E-state index is -0.757. The van der Waals surface area contributed by atoms with E-state index in [0.29, 0.717) is 5.75 Å². The maximum atomic E-state index is 11.4. The molecule has 0 spiro atoms. The van der Waals surface area contributed by atoms with Crippen molar-refractivity contribution in [2.45, 2.75) is 26.3 Å². The van der Waals surface area contributed by atoms with Gasteiger partial charge in [-0.15, -0.1) is 0 Å². The molecular formula is C23H20N4O3. The maximum Gasteiger partial charge on any atom is 0.513 e. The molecule has 3 aromatic heterocycles. The second-order valence-electron chi connectivity index (χ2n) is 7.25. The van der Waals surface area contributed by atoms with Gasteiger partial charge in [-0.1, -0.05) is 6.07 Å². The Balaban J connectivity index is 1.70. The predicted molar refractivity (Wildman–Crippen MR) is 112 cm³/mol. The molecule has 0 amide bonds. The SMILES string of the molecule is COC(=O)Oc1ccc2c(-c3c(-c4cccc(C)n4)nn4c3CCC4)ccnc2c1. The molecule has 0 fully saturated rings. The van der Waals surface area contributed by atoms with E-state index in [1.165, 1.54) is 12.8 Å². The van der Waals surface area contributed by atoms with Crippen LogP contribution in [0.1, 0.15) is 17.8 Å². The van der Waals surface area contributed by atoms with Crippen molar-refractivity contribution in [3.63, 3.8) is 0 Å². The molecule has 0 atom stereocenters. The summed E-state index contributed by atoms with van der Waals surface area (Å²) >= 11 is 0. The van der Waals surface area contributed by atoms with Crippen molar-refractivity contribution in [3.8, 4) is 28.3 Å². The predicted octanol–water partition coefficient (Wildman–Crippen LogP) is 4.56. The molecule has 0 bridgehead atoms. The molecule has 1 aliphatic rings. The Bertz CT molecular complexity index is 1280. The quantitative estimate of drug-likeness (QED) is 0.370. The number of pyridine rings is 2. The highest BCUT2D eigenvalue weighted by atomic mass is 16.7. The van der Waals surface area contributed by atoms with E-state index in [-0.39, 0.29) is 0 Å². The summed E-state index contributed by atoms with van der Waals surface area (Å²) < 4.78 is 11.8. The van der Waals surface area contributed by atoms with E-state index in [4.69, 9.17) is 14.8 Å². The summed E-state index contributed by atoms with van der Waals surface area (Å²) in [5.41, 5.74) is 6.80. The minimum absolute atomic E-state index is 0.389. The molecule has 4 aromatic rings. The third-order valence-electron chi connectivity index (χ3n) is 5.32. The van der Waals surface area contributed by atoms with E-state index in [1.54, 1.807) is 18.3 Å². The molecule has 1 aliphatic heterocycles. The third-order valence-corrected chi connectivity index (χ3v) is 5.32. The molecule has 0 saturated carbocycles. The fourth-order valence-electron chi connectivity index (χ4n) is 4.02. The van der Waals surface area contributed by atoms with Crippen molar-refractivity contribution >= 4 is 17.1 Å². The number of aryl methyl sites for hydroxylation is 2. The van der Waals surface area contributed by atoms with Crippen molar-refractivity contribution in [1.82, 2.24) is 19.7 Å². The maximum absolute atomic E-state index is 11.4. The van der Waals surface area contributed by atoms with Crippen LogP contribution in [0.25, 0.3) is 33.4 Å². The first kappa shape index (κ1) is 18.3. The number of hydrogen-bond donors (Lipinski definition) is 0. The van der Waals surface area contributed by atoms with Crippen LogP contribution in [0.5, 0.6) is 5.75 Å². The molecule has 0 radical (unpaired) electrons. The van der Waals surface area contributed by atoms with Crippen LogP contribution in [-0.2, 0) is 17.7 Å². The summed E-state index contributed by atoms with van der Waals surface area (Å²) in [4.78, 5) is 20.6. The van der Waals surface area contributed by atoms with Gasteiger partial charge >= 0.3 is 6.16 Å². The highest BCUT2D eigenvalue weighted by Crippen LogP contribution is 2.40. The van der Waals surface area contributed by atoms with E-state index in [0.717, 1.165) is 58.5 Å². The second-order valence-corrected chi connectivity index (χ2v) is 7.25. The second kappa shape index (κ2) is 7.26. The zero-order chi connectivity index (χ0) is 20.7. The number of ether oxygens (including phenoxy) is 2. The lowest BCUT2D eigenvalue weighted by Gasteiger charge is -2.10. The molecule has 5 rings (SSSR count). The van der Waals surface area contributed by atoms with Crippen LogP contribution in [0.2, 0.25) is 0 Å². The van der Waals surface area contributed by atoms with Gasteiger partial charge in [0.2, 0.25) is 0 Å². The molecule has 0 unspecified atom stereocenters. The van der Waals surface area contributed by atoms with E-state index in [2.05, 4.69) is 14.4 Å². The van der Waals surface area contributed by atoms with Crippen molar-refractivity contribution in [2.24, 2.45) is 0 Å². The van der Waals surface area contributed by atoms with Crippen LogP contribution in [0, 0.1) is 6.92 Å². The molecule has 0 aliphatic carbocycles. The topological polar surface area (TPSA) is 79.1 Å². The Morgan fingerprint density at radius 1 is 1.17 bits per heavy atom. The Labute approximate surface area is 173 Å². The first-order valence-corrected chi connectivity index (χ1v) is 9.82. The summed E-state index contributed by atoms with van der Waals surface area (Å²) in [6, 6.07) is 13.4. The van der Waals surface area contributed by atoms with Crippen LogP contribution >= 0.6 is 0 Å². The first-order chi connectivity index (χ1) is 14.6. The van der Waals surface area contributed by atoms with Gasteiger partial charge < -0.3 is 9.47 Å². The van der Waals surface area contributed by atoms with Gasteiger partial charge in [-0.25, -0.2) is 4.79 Å². The molecule has 150 valence electrons.